The molecule has 0 saturated carbocycles. The van der Waals surface area contributed by atoms with Crippen LogP contribution in [0.15, 0.2) is 48.5 Å². The van der Waals surface area contributed by atoms with E-state index in [1.807, 2.05) is 38.1 Å². The van der Waals surface area contributed by atoms with Crippen molar-refractivity contribution in [2.45, 2.75) is 26.0 Å². The Labute approximate surface area is 165 Å². The summed E-state index contributed by atoms with van der Waals surface area (Å²) in [6.07, 6.45) is 0.182. The first-order valence-corrected chi connectivity index (χ1v) is 10.9. The van der Waals surface area contributed by atoms with Crippen molar-refractivity contribution >= 4 is 21.6 Å². The molecule has 0 aliphatic carbocycles. The van der Waals surface area contributed by atoms with Gasteiger partial charge in [0.1, 0.15) is 11.5 Å². The van der Waals surface area contributed by atoms with E-state index in [4.69, 9.17) is 9.47 Å². The maximum atomic E-state index is 12.8. The normalized spacial score (nSPS) is 17.2. The third-order valence-corrected chi connectivity index (χ3v) is 5.62. The molecule has 1 heterocycles. The number of sulfonamides is 1. The van der Waals surface area contributed by atoms with Gasteiger partial charge in [-0.05, 0) is 43.7 Å². The molecule has 2 aromatic rings. The summed E-state index contributed by atoms with van der Waals surface area (Å²) >= 11 is 0. The summed E-state index contributed by atoms with van der Waals surface area (Å²) in [6, 6.07) is 14.0. The van der Waals surface area contributed by atoms with Gasteiger partial charge in [-0.1, -0.05) is 24.3 Å². The smallest absolute Gasteiger partial charge is 0.263 e. The summed E-state index contributed by atoms with van der Waals surface area (Å²) in [7, 11) is -3.54. The summed E-state index contributed by atoms with van der Waals surface area (Å²) in [4.78, 5) is 12.8. The molecule has 8 heteroatoms. The van der Waals surface area contributed by atoms with Gasteiger partial charge in [0.05, 0.1) is 31.1 Å². The standard InChI is InChI=1S/C20H24N2O5S/c1-4-26-16-11-9-15(10-12-16)14(2)21-20(23)19-13-22(28(3,24)25)17-7-5-6-8-18(17)27-19/h5-12,14,19H,4,13H2,1-3H3,(H,21,23)/t14-,19-/m1/s1. The number of carbonyl (C=O) groups excluding carboxylic acids is 1. The molecule has 0 aromatic heterocycles. The molecule has 2 atom stereocenters. The quantitative estimate of drug-likeness (QED) is 0.800. The van der Waals surface area contributed by atoms with Crippen LogP contribution < -0.4 is 19.1 Å². The van der Waals surface area contributed by atoms with Gasteiger partial charge in [-0.3, -0.25) is 9.10 Å². The Balaban J connectivity index is 1.74. The average molecular weight is 404 g/mol. The topological polar surface area (TPSA) is 84.9 Å². The van der Waals surface area contributed by atoms with E-state index in [-0.39, 0.29) is 18.5 Å². The molecule has 150 valence electrons. The number of carbonyl (C=O) groups is 1. The summed E-state index contributed by atoms with van der Waals surface area (Å²) in [5.74, 6) is 0.762. The van der Waals surface area contributed by atoms with Crippen molar-refractivity contribution in [3.05, 3.63) is 54.1 Å². The molecule has 3 rings (SSSR count). The number of anilines is 1. The second-order valence-electron chi connectivity index (χ2n) is 6.60. The molecule has 7 nitrogen and oxygen atoms in total. The van der Waals surface area contributed by atoms with Crippen LogP contribution in [-0.2, 0) is 14.8 Å². The van der Waals surface area contributed by atoms with Crippen LogP contribution >= 0.6 is 0 Å². The van der Waals surface area contributed by atoms with Crippen molar-refractivity contribution in [1.29, 1.82) is 0 Å². The largest absolute Gasteiger partial charge is 0.494 e. The first-order chi connectivity index (χ1) is 13.3. The highest BCUT2D eigenvalue weighted by Gasteiger charge is 2.35. The number of ether oxygens (including phenoxy) is 2. The highest BCUT2D eigenvalue weighted by atomic mass is 32.2. The van der Waals surface area contributed by atoms with Crippen LogP contribution in [-0.4, -0.2) is 39.8 Å². The minimum atomic E-state index is -3.54. The van der Waals surface area contributed by atoms with E-state index in [9.17, 15) is 13.2 Å². The van der Waals surface area contributed by atoms with Gasteiger partial charge < -0.3 is 14.8 Å². The SMILES string of the molecule is CCOc1ccc([C@@H](C)NC(=O)[C@H]2CN(S(C)(=O)=O)c3ccccc3O2)cc1. The lowest BCUT2D eigenvalue weighted by molar-refractivity contribution is -0.128. The molecule has 1 aliphatic heterocycles. The zero-order valence-corrected chi connectivity index (χ0v) is 16.9. The van der Waals surface area contributed by atoms with Crippen LogP contribution in [0.3, 0.4) is 0 Å². The second-order valence-corrected chi connectivity index (χ2v) is 8.51. The molecule has 2 aromatic carbocycles. The number of amides is 1. The van der Waals surface area contributed by atoms with Gasteiger partial charge in [0.15, 0.2) is 6.10 Å². The third-order valence-electron chi connectivity index (χ3n) is 4.48. The lowest BCUT2D eigenvalue weighted by Gasteiger charge is -2.34. The zero-order valence-electron chi connectivity index (χ0n) is 16.1. The van der Waals surface area contributed by atoms with Crippen LogP contribution in [0.5, 0.6) is 11.5 Å². The minimum absolute atomic E-state index is 0.0717. The third kappa shape index (κ3) is 4.39. The van der Waals surface area contributed by atoms with Crippen molar-refractivity contribution in [2.24, 2.45) is 0 Å². The van der Waals surface area contributed by atoms with E-state index in [0.29, 0.717) is 18.0 Å². The monoisotopic (exact) mass is 404 g/mol. The van der Waals surface area contributed by atoms with Crippen LogP contribution in [0.1, 0.15) is 25.5 Å². The van der Waals surface area contributed by atoms with E-state index in [1.54, 1.807) is 24.3 Å². The Morgan fingerprint density at radius 2 is 1.93 bits per heavy atom. The van der Waals surface area contributed by atoms with Crippen molar-refractivity contribution in [3.63, 3.8) is 0 Å². The van der Waals surface area contributed by atoms with Crippen LogP contribution in [0.4, 0.5) is 5.69 Å². The Bertz CT molecular complexity index is 943. The molecule has 0 radical (unpaired) electrons. The van der Waals surface area contributed by atoms with Crippen molar-refractivity contribution in [1.82, 2.24) is 5.32 Å². The van der Waals surface area contributed by atoms with Crippen molar-refractivity contribution in [3.8, 4) is 11.5 Å². The number of rotatable bonds is 6. The molecular weight excluding hydrogens is 380 g/mol. The molecular formula is C20H24N2O5S. The number of hydrogen-bond donors (Lipinski definition) is 1. The Morgan fingerprint density at radius 3 is 2.57 bits per heavy atom. The van der Waals surface area contributed by atoms with Crippen LogP contribution in [0.25, 0.3) is 0 Å². The highest BCUT2D eigenvalue weighted by molar-refractivity contribution is 7.92. The second kappa shape index (κ2) is 8.10. The van der Waals surface area contributed by atoms with Gasteiger partial charge in [0, 0.05) is 0 Å². The van der Waals surface area contributed by atoms with Crippen molar-refractivity contribution in [2.75, 3.05) is 23.7 Å². The molecule has 1 aliphatic rings. The van der Waals surface area contributed by atoms with Gasteiger partial charge >= 0.3 is 0 Å². The first-order valence-electron chi connectivity index (χ1n) is 9.06. The highest BCUT2D eigenvalue weighted by Crippen LogP contribution is 2.34. The van der Waals surface area contributed by atoms with Gasteiger partial charge in [0.25, 0.3) is 5.91 Å². The number of para-hydroxylation sites is 2. The molecule has 0 unspecified atom stereocenters. The Morgan fingerprint density at radius 1 is 1.25 bits per heavy atom. The van der Waals surface area contributed by atoms with E-state index < -0.39 is 16.1 Å². The van der Waals surface area contributed by atoms with E-state index in [1.165, 1.54) is 4.31 Å². The summed E-state index contributed by atoms with van der Waals surface area (Å²) in [5, 5.41) is 2.89. The van der Waals surface area contributed by atoms with E-state index in [2.05, 4.69) is 5.32 Å². The maximum absolute atomic E-state index is 12.8. The van der Waals surface area contributed by atoms with E-state index >= 15 is 0 Å². The molecule has 1 amide bonds. The molecule has 1 N–H and O–H groups in total. The lowest BCUT2D eigenvalue weighted by atomic mass is 10.1. The fourth-order valence-electron chi connectivity index (χ4n) is 3.06. The Hall–Kier alpha value is -2.74. The predicted octanol–water partition coefficient (Wildman–Crippen LogP) is 2.49. The fourth-order valence-corrected chi connectivity index (χ4v) is 3.98. The number of benzene rings is 2. The molecule has 0 saturated heterocycles. The maximum Gasteiger partial charge on any atom is 0.263 e. The van der Waals surface area contributed by atoms with Gasteiger partial charge in [-0.25, -0.2) is 8.42 Å². The molecule has 0 bridgehead atoms. The van der Waals surface area contributed by atoms with E-state index in [0.717, 1.165) is 17.6 Å². The summed E-state index contributed by atoms with van der Waals surface area (Å²) < 4.78 is 36.7. The zero-order chi connectivity index (χ0) is 20.3. The van der Waals surface area contributed by atoms with Gasteiger partial charge in [-0.2, -0.15) is 0 Å². The predicted molar refractivity (Wildman–Crippen MR) is 107 cm³/mol. The van der Waals surface area contributed by atoms with Crippen LogP contribution in [0, 0.1) is 0 Å². The number of fused-ring (bicyclic) bond motifs is 1. The molecule has 0 fully saturated rings. The summed E-state index contributed by atoms with van der Waals surface area (Å²) in [6.45, 7) is 4.29. The lowest BCUT2D eigenvalue weighted by Crippen LogP contribution is -2.50. The number of nitrogens with zero attached hydrogens (tertiary/aromatic N) is 1. The number of nitrogens with one attached hydrogen (secondary N) is 1. The molecule has 0 spiro atoms. The minimum Gasteiger partial charge on any atom is -0.494 e. The summed E-state index contributed by atoms with van der Waals surface area (Å²) in [5.41, 5.74) is 1.35. The first kappa shape index (κ1) is 20.0. The molecule has 28 heavy (non-hydrogen) atoms. The van der Waals surface area contributed by atoms with Gasteiger partial charge in [0.2, 0.25) is 10.0 Å². The van der Waals surface area contributed by atoms with Crippen molar-refractivity contribution < 1.29 is 22.7 Å². The number of hydrogen-bond acceptors (Lipinski definition) is 5. The van der Waals surface area contributed by atoms with Gasteiger partial charge in [-0.15, -0.1) is 0 Å². The average Bonchev–Trinajstić information content (AvgIpc) is 2.67. The fraction of sp³-hybridized carbons (Fsp3) is 0.350. The Kier molecular flexibility index (Phi) is 5.79. The van der Waals surface area contributed by atoms with Crippen LogP contribution in [0.2, 0.25) is 0 Å².